The van der Waals surface area contributed by atoms with Crippen LogP contribution in [0.5, 0.6) is 0 Å². The first-order valence-corrected chi connectivity index (χ1v) is 16.2. The molecule has 4 aromatic rings. The van der Waals surface area contributed by atoms with Crippen molar-refractivity contribution in [2.45, 2.75) is 44.4 Å². The number of benzene rings is 3. The van der Waals surface area contributed by atoms with Crippen molar-refractivity contribution in [1.29, 1.82) is 0 Å². The predicted octanol–water partition coefficient (Wildman–Crippen LogP) is 9.14. The molecule has 3 heteroatoms. The maximum Gasteiger partial charge on any atom is 0.170 e. The van der Waals surface area contributed by atoms with Gasteiger partial charge in [-0.2, -0.15) is 0 Å². The second-order valence-corrected chi connectivity index (χ2v) is 13.5. The maximum absolute atomic E-state index is 14.7. The quantitative estimate of drug-likeness (QED) is 0.224. The van der Waals surface area contributed by atoms with E-state index in [0.717, 1.165) is 30.5 Å². The van der Waals surface area contributed by atoms with Crippen LogP contribution in [-0.4, -0.2) is 11.5 Å². The number of ketones is 1. The van der Waals surface area contributed by atoms with Gasteiger partial charge in [0.1, 0.15) is 0 Å². The van der Waals surface area contributed by atoms with E-state index in [0.29, 0.717) is 29.5 Å². The largest absolute Gasteiger partial charge is 0.294 e. The van der Waals surface area contributed by atoms with Gasteiger partial charge in [0.05, 0.1) is 5.92 Å². The van der Waals surface area contributed by atoms with Crippen molar-refractivity contribution in [1.82, 2.24) is 0 Å². The normalized spacial score (nSPS) is 25.4. The van der Waals surface area contributed by atoms with Gasteiger partial charge >= 0.3 is 0 Å². The molecule has 2 nitrogen and oxygen atoms in total. The molecule has 4 aliphatic rings. The van der Waals surface area contributed by atoms with Gasteiger partial charge in [0.2, 0.25) is 0 Å². The third-order valence-corrected chi connectivity index (χ3v) is 11.0. The summed E-state index contributed by atoms with van der Waals surface area (Å²) in [5.41, 5.74) is 8.42. The molecule has 2 saturated carbocycles. The number of allylic oxidation sites excluding steroid dienone is 2. The van der Waals surface area contributed by atoms with Crippen molar-refractivity contribution in [2.24, 2.45) is 34.6 Å². The molecule has 1 aliphatic heterocycles. The van der Waals surface area contributed by atoms with Crippen molar-refractivity contribution < 1.29 is 4.79 Å². The number of hydrogen-bond acceptors (Lipinski definition) is 3. The van der Waals surface area contributed by atoms with Crippen LogP contribution < -0.4 is 0 Å². The van der Waals surface area contributed by atoms with E-state index >= 15 is 0 Å². The Labute approximate surface area is 246 Å². The second kappa shape index (κ2) is 10.4. The molecule has 41 heavy (non-hydrogen) atoms. The first-order chi connectivity index (χ1) is 20.2. The van der Waals surface area contributed by atoms with E-state index in [2.05, 4.69) is 102 Å². The van der Waals surface area contributed by atoms with Gasteiger partial charge in [-0.1, -0.05) is 91.0 Å². The summed E-state index contributed by atoms with van der Waals surface area (Å²) >= 11 is 1.90. The molecular weight excluding hydrogens is 518 g/mol. The number of aliphatic imine (C=N–C) groups is 1. The van der Waals surface area contributed by atoms with Gasteiger partial charge < -0.3 is 0 Å². The van der Waals surface area contributed by atoms with E-state index in [1.165, 1.54) is 52.1 Å². The molecule has 1 aromatic heterocycles. The zero-order valence-corrected chi connectivity index (χ0v) is 24.1. The zero-order chi connectivity index (χ0) is 27.3. The van der Waals surface area contributed by atoms with Crippen LogP contribution >= 0.6 is 11.3 Å². The minimum Gasteiger partial charge on any atom is -0.294 e. The third kappa shape index (κ3) is 4.75. The summed E-state index contributed by atoms with van der Waals surface area (Å²) in [5.74, 6) is 2.66. The Balaban J connectivity index is 1.08. The molecule has 3 aliphatic carbocycles. The van der Waals surface area contributed by atoms with Gasteiger partial charge in [-0.3, -0.25) is 9.79 Å². The van der Waals surface area contributed by atoms with Crippen LogP contribution in [0.2, 0.25) is 0 Å². The fourth-order valence-corrected chi connectivity index (χ4v) is 8.69. The Morgan fingerprint density at radius 3 is 2.10 bits per heavy atom. The number of carbonyl (C=O) groups excluding carboxylic acids is 1. The number of carbonyl (C=O) groups is 1. The summed E-state index contributed by atoms with van der Waals surface area (Å²) < 4.78 is 0. The number of nitrogens with zero attached hydrogens (tertiary/aromatic N) is 1. The predicted molar refractivity (Wildman–Crippen MR) is 168 cm³/mol. The van der Waals surface area contributed by atoms with E-state index in [4.69, 9.17) is 4.99 Å². The number of hydrogen-bond donors (Lipinski definition) is 0. The Morgan fingerprint density at radius 1 is 0.780 bits per heavy atom. The van der Waals surface area contributed by atoms with Gasteiger partial charge in [-0.25, -0.2) is 0 Å². The molecule has 8 rings (SSSR count). The van der Waals surface area contributed by atoms with Gasteiger partial charge in [0.15, 0.2) is 5.78 Å². The minimum absolute atomic E-state index is 0.00914. The van der Waals surface area contributed by atoms with E-state index in [1.807, 2.05) is 11.3 Å². The van der Waals surface area contributed by atoms with Crippen molar-refractivity contribution in [3.05, 3.63) is 130 Å². The van der Waals surface area contributed by atoms with Gasteiger partial charge in [0.25, 0.3) is 0 Å². The highest BCUT2D eigenvalue weighted by Gasteiger charge is 2.53. The molecule has 0 spiro atoms. The molecule has 3 aromatic carbocycles. The Kier molecular flexibility index (Phi) is 6.37. The molecule has 0 saturated heterocycles. The molecule has 0 N–H and O–H groups in total. The summed E-state index contributed by atoms with van der Waals surface area (Å²) in [5, 5.41) is 2.31. The summed E-state index contributed by atoms with van der Waals surface area (Å²) in [4.78, 5) is 21.6. The molecule has 2 heterocycles. The van der Waals surface area contributed by atoms with Crippen molar-refractivity contribution in [3.63, 3.8) is 0 Å². The fourth-order valence-electron chi connectivity index (χ4n) is 7.73. The Bertz CT molecular complexity index is 1590. The van der Waals surface area contributed by atoms with Crippen LogP contribution in [0.4, 0.5) is 0 Å². The van der Waals surface area contributed by atoms with Gasteiger partial charge in [-0.15, -0.1) is 11.3 Å². The zero-order valence-electron chi connectivity index (χ0n) is 23.3. The molecule has 204 valence electrons. The lowest BCUT2D eigenvalue weighted by Crippen LogP contribution is -2.36. The highest BCUT2D eigenvalue weighted by Crippen LogP contribution is 2.58. The summed E-state index contributed by atoms with van der Waals surface area (Å²) in [6.07, 6.45) is 6.52. The van der Waals surface area contributed by atoms with Crippen LogP contribution in [0.3, 0.4) is 0 Å². The van der Waals surface area contributed by atoms with Crippen LogP contribution in [0, 0.1) is 29.6 Å². The molecule has 4 atom stereocenters. The average Bonchev–Trinajstić information content (AvgIpc) is 3.93. The fraction of sp³-hybridized carbons (Fsp3) is 0.316. The van der Waals surface area contributed by atoms with E-state index < -0.39 is 0 Å². The van der Waals surface area contributed by atoms with Crippen molar-refractivity contribution in [3.8, 4) is 11.1 Å². The molecule has 3 unspecified atom stereocenters. The number of thiophene rings is 1. The van der Waals surface area contributed by atoms with E-state index in [1.54, 1.807) is 0 Å². The smallest absolute Gasteiger partial charge is 0.170 e. The molecular formula is C38H35NOS. The minimum atomic E-state index is -0.189. The lowest BCUT2D eigenvalue weighted by Gasteiger charge is -2.33. The molecule has 2 fully saturated rings. The Morgan fingerprint density at radius 2 is 1.44 bits per heavy atom. The van der Waals surface area contributed by atoms with Crippen molar-refractivity contribution in [2.75, 3.05) is 0 Å². The summed E-state index contributed by atoms with van der Waals surface area (Å²) in [6, 6.07) is 34.4. The van der Waals surface area contributed by atoms with Crippen molar-refractivity contribution >= 4 is 22.8 Å². The topological polar surface area (TPSA) is 29.4 Å². The summed E-state index contributed by atoms with van der Waals surface area (Å²) in [6.45, 7) is 0. The average molecular weight is 554 g/mol. The standard InChI is InChI=1S/C38H35NOS/c40-38-33-22-32-30(31(32)21-29-20-28(23-41-29)24-10-4-1-5-11-24)18-19-34(33)39-37(27-16-17-27)36(38)35(25-12-6-2-7-13-25)26-14-8-3-9-15-26/h1-15,20,23,27,30-32,35-36H,16-19,21-22H2/t30?,31-,32?,36?/m1/s1. The van der Waals surface area contributed by atoms with E-state index in [9.17, 15) is 4.79 Å². The summed E-state index contributed by atoms with van der Waals surface area (Å²) in [7, 11) is 0. The lowest BCUT2D eigenvalue weighted by atomic mass is 9.71. The highest BCUT2D eigenvalue weighted by molar-refractivity contribution is 7.10. The van der Waals surface area contributed by atoms with Crippen LogP contribution in [0.25, 0.3) is 11.1 Å². The number of Topliss-reactive ketones (excluding diaryl/α,β-unsaturated/α-hetero) is 1. The second-order valence-electron chi connectivity index (χ2n) is 12.5. The van der Waals surface area contributed by atoms with Gasteiger partial charge in [0, 0.05) is 27.8 Å². The maximum atomic E-state index is 14.7. The van der Waals surface area contributed by atoms with Crippen LogP contribution in [0.1, 0.15) is 54.0 Å². The monoisotopic (exact) mass is 553 g/mol. The SMILES string of the molecule is O=C1C2=C(CCC3C(C2)[C@@H]3Cc2cc(-c3ccccc3)cs2)N=C(C2CC2)C1C(c1ccccc1)c1ccccc1. The number of fused-ring (bicyclic) bond motifs is 1. The third-order valence-electron chi connectivity index (χ3n) is 10.0. The first-order valence-electron chi connectivity index (χ1n) is 15.3. The van der Waals surface area contributed by atoms with Gasteiger partial charge in [-0.05, 0) is 95.9 Å². The Hall–Kier alpha value is -3.56. The lowest BCUT2D eigenvalue weighted by molar-refractivity contribution is -0.118. The van der Waals surface area contributed by atoms with Crippen LogP contribution in [-0.2, 0) is 11.2 Å². The van der Waals surface area contributed by atoms with Crippen LogP contribution in [0.15, 0.2) is 119 Å². The molecule has 0 bridgehead atoms. The molecule has 0 amide bonds. The number of rotatable bonds is 7. The highest BCUT2D eigenvalue weighted by atomic mass is 32.1. The molecule has 0 radical (unpaired) electrons. The first kappa shape index (κ1) is 25.2. The van der Waals surface area contributed by atoms with E-state index in [-0.39, 0.29) is 11.8 Å².